The smallest absolute Gasteiger partial charge is 0.252 e. The number of nitrogen functional groups attached to an aromatic ring is 1. The molecular formula is C21H18ClN3O3S. The molecule has 3 rings (SSSR count). The lowest BCUT2D eigenvalue weighted by Crippen LogP contribution is -2.23. The maximum absolute atomic E-state index is 12.3. The van der Waals surface area contributed by atoms with Crippen molar-refractivity contribution in [3.8, 4) is 11.1 Å². The Balaban J connectivity index is 2.31. The summed E-state index contributed by atoms with van der Waals surface area (Å²) in [6.07, 6.45) is 3.22. The minimum Gasteiger partial charge on any atom is -0.398 e. The van der Waals surface area contributed by atoms with Crippen molar-refractivity contribution in [2.45, 2.75) is 4.90 Å². The Kier molecular flexibility index (Phi) is 5.74. The fourth-order valence-corrected chi connectivity index (χ4v) is 4.07. The minimum atomic E-state index is -4.29. The summed E-state index contributed by atoms with van der Waals surface area (Å²) in [6.45, 7) is 0. The molecule has 29 heavy (non-hydrogen) atoms. The number of rotatable bonds is 5. The lowest BCUT2D eigenvalue weighted by atomic mass is 9.96. The number of amides is 1. The van der Waals surface area contributed by atoms with Crippen LogP contribution >= 0.6 is 11.6 Å². The zero-order valence-corrected chi connectivity index (χ0v) is 16.7. The number of primary sulfonamides is 1. The first-order chi connectivity index (χ1) is 13.7. The average Bonchev–Trinajstić information content (AvgIpc) is 2.67. The van der Waals surface area contributed by atoms with Crippen LogP contribution in [0.25, 0.3) is 23.3 Å². The van der Waals surface area contributed by atoms with Gasteiger partial charge in [-0.2, -0.15) is 0 Å². The van der Waals surface area contributed by atoms with Gasteiger partial charge in [0.05, 0.1) is 11.3 Å². The third kappa shape index (κ3) is 4.48. The molecule has 0 aromatic heterocycles. The van der Waals surface area contributed by atoms with Gasteiger partial charge in [0.25, 0.3) is 5.91 Å². The lowest BCUT2D eigenvalue weighted by Gasteiger charge is -2.16. The quantitative estimate of drug-likeness (QED) is 0.425. The molecule has 0 aliphatic carbocycles. The number of hydrogen-bond acceptors (Lipinski definition) is 4. The molecule has 0 aliphatic heterocycles. The van der Waals surface area contributed by atoms with Gasteiger partial charge in [0, 0.05) is 10.6 Å². The van der Waals surface area contributed by atoms with E-state index in [0.29, 0.717) is 16.1 Å². The zero-order chi connectivity index (χ0) is 21.2. The minimum absolute atomic E-state index is 0.0450. The molecular weight excluding hydrogens is 410 g/mol. The van der Waals surface area contributed by atoms with Crippen LogP contribution in [0.2, 0.25) is 5.02 Å². The van der Waals surface area contributed by atoms with Gasteiger partial charge in [-0.3, -0.25) is 4.79 Å². The van der Waals surface area contributed by atoms with Crippen molar-refractivity contribution in [1.82, 2.24) is 0 Å². The van der Waals surface area contributed by atoms with Crippen molar-refractivity contribution in [2.75, 3.05) is 5.73 Å². The van der Waals surface area contributed by atoms with Crippen LogP contribution < -0.4 is 16.6 Å². The van der Waals surface area contributed by atoms with Gasteiger partial charge < -0.3 is 11.5 Å². The molecule has 0 spiro atoms. The van der Waals surface area contributed by atoms with E-state index < -0.39 is 20.8 Å². The van der Waals surface area contributed by atoms with Crippen LogP contribution in [0, 0.1) is 0 Å². The third-order valence-electron chi connectivity index (χ3n) is 4.29. The van der Waals surface area contributed by atoms with Crippen molar-refractivity contribution in [3.05, 3.63) is 82.4 Å². The van der Waals surface area contributed by atoms with Crippen LogP contribution in [0.1, 0.15) is 21.5 Å². The molecule has 0 heterocycles. The summed E-state index contributed by atoms with van der Waals surface area (Å²) in [5.74, 6) is -0.981. The predicted octanol–water partition coefficient (Wildman–Crippen LogP) is 3.51. The van der Waals surface area contributed by atoms with Crippen LogP contribution in [0.4, 0.5) is 5.69 Å². The number of carbonyl (C=O) groups excluding carboxylic acids is 1. The highest BCUT2D eigenvalue weighted by Crippen LogP contribution is 2.36. The molecule has 0 fully saturated rings. The van der Waals surface area contributed by atoms with E-state index in [9.17, 15) is 13.2 Å². The van der Waals surface area contributed by atoms with Gasteiger partial charge in [-0.1, -0.05) is 66.2 Å². The van der Waals surface area contributed by atoms with E-state index in [1.807, 2.05) is 6.07 Å². The van der Waals surface area contributed by atoms with E-state index in [4.69, 9.17) is 28.2 Å². The molecule has 3 aromatic carbocycles. The summed E-state index contributed by atoms with van der Waals surface area (Å²) in [5, 5.41) is 5.97. The van der Waals surface area contributed by atoms with Gasteiger partial charge >= 0.3 is 0 Å². The molecule has 0 saturated heterocycles. The van der Waals surface area contributed by atoms with E-state index in [1.54, 1.807) is 66.7 Å². The Morgan fingerprint density at radius 2 is 1.59 bits per heavy atom. The van der Waals surface area contributed by atoms with Crippen LogP contribution in [-0.2, 0) is 10.0 Å². The van der Waals surface area contributed by atoms with Crippen LogP contribution in [0.5, 0.6) is 0 Å². The standard InChI is InChI=1S/C21H18ClN3O3S/c22-16-10-7-13(8-11-16)6-9-15-12-17(14-4-2-1-3-5-14)19(23)18(21(24)26)20(15)29(25,27)28/h1-12H,23H2,(H2,24,26)(H2,25,27,28)/b9-6+. The van der Waals surface area contributed by atoms with Crippen LogP contribution in [0.3, 0.4) is 0 Å². The predicted molar refractivity (Wildman–Crippen MR) is 117 cm³/mol. The molecule has 148 valence electrons. The lowest BCUT2D eigenvalue weighted by molar-refractivity contribution is 0.0998. The molecule has 0 unspecified atom stereocenters. The molecule has 0 saturated carbocycles. The van der Waals surface area contributed by atoms with Crippen molar-refractivity contribution < 1.29 is 13.2 Å². The monoisotopic (exact) mass is 427 g/mol. The molecule has 1 amide bonds. The van der Waals surface area contributed by atoms with Gasteiger partial charge in [-0.05, 0) is 34.9 Å². The molecule has 0 radical (unpaired) electrons. The van der Waals surface area contributed by atoms with Crippen LogP contribution in [0.15, 0.2) is 65.6 Å². The molecule has 6 nitrogen and oxygen atoms in total. The van der Waals surface area contributed by atoms with Gasteiger partial charge in [0.1, 0.15) is 4.90 Å². The SMILES string of the molecule is NC(=O)c1c(N)c(-c2ccccc2)cc(/C=C/c2ccc(Cl)cc2)c1S(N)(=O)=O. The number of hydrogen-bond donors (Lipinski definition) is 3. The summed E-state index contributed by atoms with van der Waals surface area (Å²) >= 11 is 5.89. The number of halogens is 1. The fraction of sp³-hybridized carbons (Fsp3) is 0. The molecule has 8 heteroatoms. The van der Waals surface area contributed by atoms with Gasteiger partial charge in [-0.15, -0.1) is 0 Å². The molecule has 3 aromatic rings. The van der Waals surface area contributed by atoms with E-state index in [0.717, 1.165) is 5.56 Å². The van der Waals surface area contributed by atoms with Gasteiger partial charge in [0.2, 0.25) is 10.0 Å². The summed E-state index contributed by atoms with van der Waals surface area (Å²) in [4.78, 5) is 11.7. The van der Waals surface area contributed by atoms with Crippen molar-refractivity contribution in [1.29, 1.82) is 0 Å². The number of nitrogens with two attached hydrogens (primary N) is 3. The highest BCUT2D eigenvalue weighted by Gasteiger charge is 2.26. The average molecular weight is 428 g/mol. The number of carbonyl (C=O) groups is 1. The topological polar surface area (TPSA) is 129 Å². The fourth-order valence-electron chi connectivity index (χ4n) is 2.99. The highest BCUT2D eigenvalue weighted by atomic mass is 35.5. The second kappa shape index (κ2) is 8.08. The Bertz CT molecular complexity index is 1210. The van der Waals surface area contributed by atoms with Crippen molar-refractivity contribution in [2.24, 2.45) is 10.9 Å². The Hall–Kier alpha value is -3.13. The van der Waals surface area contributed by atoms with E-state index >= 15 is 0 Å². The first-order valence-corrected chi connectivity index (χ1v) is 10.4. The number of primary amides is 1. The summed E-state index contributed by atoms with van der Waals surface area (Å²) < 4.78 is 24.6. The van der Waals surface area contributed by atoms with Gasteiger partial charge in [0.15, 0.2) is 0 Å². The molecule has 0 atom stereocenters. The second-order valence-corrected chi connectivity index (χ2v) is 8.23. The van der Waals surface area contributed by atoms with E-state index in [2.05, 4.69) is 0 Å². The Morgan fingerprint density at radius 3 is 2.14 bits per heavy atom. The van der Waals surface area contributed by atoms with E-state index in [-0.39, 0.29) is 16.8 Å². The Labute approximate surface area is 173 Å². The highest BCUT2D eigenvalue weighted by molar-refractivity contribution is 7.89. The van der Waals surface area contributed by atoms with Crippen LogP contribution in [-0.4, -0.2) is 14.3 Å². The summed E-state index contributed by atoms with van der Waals surface area (Å²) in [5.41, 5.74) is 13.4. The summed E-state index contributed by atoms with van der Waals surface area (Å²) in [6, 6.07) is 17.5. The molecule has 0 bridgehead atoms. The van der Waals surface area contributed by atoms with Gasteiger partial charge in [-0.25, -0.2) is 13.6 Å². The normalized spacial score (nSPS) is 11.7. The third-order valence-corrected chi connectivity index (χ3v) is 5.55. The first kappa shape index (κ1) is 20.6. The van der Waals surface area contributed by atoms with Crippen molar-refractivity contribution >= 4 is 45.4 Å². The largest absolute Gasteiger partial charge is 0.398 e. The van der Waals surface area contributed by atoms with Crippen molar-refractivity contribution in [3.63, 3.8) is 0 Å². The first-order valence-electron chi connectivity index (χ1n) is 8.46. The molecule has 6 N–H and O–H groups in total. The number of benzene rings is 3. The zero-order valence-electron chi connectivity index (χ0n) is 15.2. The number of sulfonamides is 1. The molecule has 0 aliphatic rings. The second-order valence-electron chi connectivity index (χ2n) is 6.29. The maximum atomic E-state index is 12.3. The van der Waals surface area contributed by atoms with E-state index in [1.165, 1.54) is 0 Å². The summed E-state index contributed by atoms with van der Waals surface area (Å²) in [7, 11) is -4.29. The maximum Gasteiger partial charge on any atom is 0.252 e. The number of anilines is 1. The Morgan fingerprint density at radius 1 is 0.966 bits per heavy atom.